The number of ether oxygens (including phenoxy) is 1. The predicted octanol–water partition coefficient (Wildman–Crippen LogP) is 5.45. The summed E-state index contributed by atoms with van der Waals surface area (Å²) < 4.78 is 5.11. The van der Waals surface area contributed by atoms with E-state index in [0.717, 1.165) is 17.3 Å². The molecule has 30 heavy (non-hydrogen) atoms. The van der Waals surface area contributed by atoms with Crippen LogP contribution in [0.25, 0.3) is 0 Å². The molecular weight excluding hydrogens is 396 g/mol. The highest BCUT2D eigenvalue weighted by atomic mass is 32.2. The van der Waals surface area contributed by atoms with Gasteiger partial charge < -0.3 is 15.4 Å². The first-order chi connectivity index (χ1) is 14.6. The number of thioether (sulfide) groups is 1. The Bertz CT molecular complexity index is 984. The number of nitrogens with one attached hydrogen (secondary N) is 2. The van der Waals surface area contributed by atoms with Gasteiger partial charge in [-0.25, -0.2) is 0 Å². The Labute approximate surface area is 180 Å². The molecule has 0 unspecified atom stereocenters. The molecule has 0 aliphatic heterocycles. The van der Waals surface area contributed by atoms with Crippen molar-refractivity contribution in [3.63, 3.8) is 0 Å². The van der Waals surface area contributed by atoms with Crippen molar-refractivity contribution in [2.45, 2.75) is 12.7 Å². The van der Waals surface area contributed by atoms with Crippen LogP contribution in [0, 0.1) is 0 Å². The smallest absolute Gasteiger partial charge is 0.255 e. The zero-order chi connectivity index (χ0) is 21.3. The summed E-state index contributed by atoms with van der Waals surface area (Å²) >= 11 is 1.84. The monoisotopic (exact) mass is 420 g/mol. The third-order valence-electron chi connectivity index (χ3n) is 4.44. The molecule has 154 valence electrons. The largest absolute Gasteiger partial charge is 0.497 e. The van der Waals surface area contributed by atoms with Crippen molar-refractivity contribution in [2.75, 3.05) is 23.5 Å². The minimum absolute atomic E-state index is 0.180. The molecule has 3 aromatic rings. The van der Waals surface area contributed by atoms with Gasteiger partial charge in [-0.3, -0.25) is 9.59 Å². The molecule has 0 aliphatic rings. The number of amides is 2. The van der Waals surface area contributed by atoms with Crippen LogP contribution in [0.3, 0.4) is 0 Å². The van der Waals surface area contributed by atoms with Gasteiger partial charge in [0.05, 0.1) is 7.11 Å². The molecule has 0 saturated carbocycles. The Morgan fingerprint density at radius 1 is 0.767 bits per heavy atom. The normalized spacial score (nSPS) is 10.3. The average molecular weight is 421 g/mol. The van der Waals surface area contributed by atoms with Gasteiger partial charge in [0.1, 0.15) is 5.75 Å². The van der Waals surface area contributed by atoms with Crippen LogP contribution in [0.15, 0.2) is 72.8 Å². The third-order valence-corrected chi connectivity index (χ3v) is 5.39. The summed E-state index contributed by atoms with van der Waals surface area (Å²) in [7, 11) is 1.59. The lowest BCUT2D eigenvalue weighted by molar-refractivity contribution is 0.102. The summed E-state index contributed by atoms with van der Waals surface area (Å²) in [5.74, 6) is 2.33. The molecule has 3 aromatic carbocycles. The van der Waals surface area contributed by atoms with Gasteiger partial charge in [0, 0.05) is 28.3 Å². The molecule has 2 N–H and O–H groups in total. The van der Waals surface area contributed by atoms with Crippen LogP contribution in [0.4, 0.5) is 11.4 Å². The molecule has 0 bridgehead atoms. The van der Waals surface area contributed by atoms with E-state index in [1.165, 1.54) is 5.56 Å². The van der Waals surface area contributed by atoms with E-state index in [1.54, 1.807) is 55.6 Å². The number of carbonyl (C=O) groups is 2. The van der Waals surface area contributed by atoms with Crippen molar-refractivity contribution in [3.8, 4) is 5.75 Å². The first kappa shape index (κ1) is 21.5. The van der Waals surface area contributed by atoms with Gasteiger partial charge in [-0.2, -0.15) is 11.8 Å². The van der Waals surface area contributed by atoms with Crippen molar-refractivity contribution < 1.29 is 14.3 Å². The second-order valence-electron chi connectivity index (χ2n) is 6.55. The highest BCUT2D eigenvalue weighted by molar-refractivity contribution is 7.98. The van der Waals surface area contributed by atoms with E-state index in [-0.39, 0.29) is 11.8 Å². The standard InChI is InChI=1S/C24H24N2O3S/c1-3-30-16-17-4-6-18(7-5-17)23(27)25-20-10-8-19(9-11-20)24(28)26-21-12-14-22(29-2)15-13-21/h4-15H,3,16H2,1-2H3,(H,25,27)(H,26,28). The summed E-state index contributed by atoms with van der Waals surface area (Å²) in [4.78, 5) is 24.8. The highest BCUT2D eigenvalue weighted by Crippen LogP contribution is 2.18. The molecule has 0 saturated heterocycles. The van der Waals surface area contributed by atoms with Crippen LogP contribution < -0.4 is 15.4 Å². The van der Waals surface area contributed by atoms with Gasteiger partial charge in [-0.15, -0.1) is 0 Å². The Balaban J connectivity index is 1.57. The predicted molar refractivity (Wildman–Crippen MR) is 124 cm³/mol. The average Bonchev–Trinajstić information content (AvgIpc) is 2.79. The van der Waals surface area contributed by atoms with E-state index >= 15 is 0 Å². The second-order valence-corrected chi connectivity index (χ2v) is 7.82. The Morgan fingerprint density at radius 2 is 1.23 bits per heavy atom. The summed E-state index contributed by atoms with van der Waals surface area (Å²) in [5, 5.41) is 5.69. The number of anilines is 2. The number of carbonyl (C=O) groups excluding carboxylic acids is 2. The molecule has 5 nitrogen and oxygen atoms in total. The van der Waals surface area contributed by atoms with Crippen LogP contribution in [-0.4, -0.2) is 24.7 Å². The second kappa shape index (κ2) is 10.5. The fourth-order valence-corrected chi connectivity index (χ4v) is 3.39. The minimum Gasteiger partial charge on any atom is -0.497 e. The maximum Gasteiger partial charge on any atom is 0.255 e. The quantitative estimate of drug-likeness (QED) is 0.508. The van der Waals surface area contributed by atoms with E-state index in [1.807, 2.05) is 36.0 Å². The zero-order valence-electron chi connectivity index (χ0n) is 17.0. The summed E-state index contributed by atoms with van der Waals surface area (Å²) in [6.45, 7) is 2.13. The topological polar surface area (TPSA) is 67.4 Å². The van der Waals surface area contributed by atoms with E-state index in [9.17, 15) is 9.59 Å². The fraction of sp³-hybridized carbons (Fsp3) is 0.167. The van der Waals surface area contributed by atoms with Gasteiger partial charge in [0.2, 0.25) is 0 Å². The van der Waals surface area contributed by atoms with Gasteiger partial charge in [0.15, 0.2) is 0 Å². The van der Waals surface area contributed by atoms with Crippen molar-refractivity contribution in [3.05, 3.63) is 89.5 Å². The number of rotatable bonds is 8. The van der Waals surface area contributed by atoms with Crippen molar-refractivity contribution in [2.24, 2.45) is 0 Å². The minimum atomic E-state index is -0.224. The Hall–Kier alpha value is -3.25. The van der Waals surface area contributed by atoms with E-state index in [0.29, 0.717) is 22.5 Å². The van der Waals surface area contributed by atoms with Crippen molar-refractivity contribution >= 4 is 35.0 Å². The van der Waals surface area contributed by atoms with Crippen LogP contribution in [0.5, 0.6) is 5.75 Å². The molecule has 0 aromatic heterocycles. The van der Waals surface area contributed by atoms with Crippen LogP contribution in [0.1, 0.15) is 33.2 Å². The molecule has 6 heteroatoms. The zero-order valence-corrected chi connectivity index (χ0v) is 17.8. The molecule has 3 rings (SSSR count). The van der Waals surface area contributed by atoms with Gasteiger partial charge in [-0.05, 0) is 72.0 Å². The molecule has 0 fully saturated rings. The third kappa shape index (κ3) is 5.87. The molecule has 0 spiro atoms. The van der Waals surface area contributed by atoms with E-state index in [4.69, 9.17) is 4.74 Å². The lowest BCUT2D eigenvalue weighted by Gasteiger charge is -2.09. The molecule has 0 radical (unpaired) electrons. The van der Waals surface area contributed by atoms with Gasteiger partial charge in [-0.1, -0.05) is 19.1 Å². The lowest BCUT2D eigenvalue weighted by atomic mass is 10.1. The van der Waals surface area contributed by atoms with Crippen LogP contribution >= 0.6 is 11.8 Å². The number of hydrogen-bond donors (Lipinski definition) is 2. The maximum atomic E-state index is 12.4. The van der Waals surface area contributed by atoms with E-state index < -0.39 is 0 Å². The van der Waals surface area contributed by atoms with Gasteiger partial charge >= 0.3 is 0 Å². The number of benzene rings is 3. The van der Waals surface area contributed by atoms with Crippen LogP contribution in [0.2, 0.25) is 0 Å². The Kier molecular flexibility index (Phi) is 7.51. The van der Waals surface area contributed by atoms with E-state index in [2.05, 4.69) is 17.6 Å². The highest BCUT2D eigenvalue weighted by Gasteiger charge is 2.09. The molecular formula is C24H24N2O3S. The molecule has 0 atom stereocenters. The molecule has 0 heterocycles. The molecule has 2 amide bonds. The van der Waals surface area contributed by atoms with Gasteiger partial charge in [0.25, 0.3) is 11.8 Å². The number of hydrogen-bond acceptors (Lipinski definition) is 4. The lowest BCUT2D eigenvalue weighted by Crippen LogP contribution is -2.13. The summed E-state index contributed by atoms with van der Waals surface area (Å²) in [5.41, 5.74) is 3.61. The fourth-order valence-electron chi connectivity index (χ4n) is 2.76. The first-order valence-electron chi connectivity index (χ1n) is 9.62. The first-order valence-corrected chi connectivity index (χ1v) is 10.8. The van der Waals surface area contributed by atoms with Crippen molar-refractivity contribution in [1.82, 2.24) is 0 Å². The Morgan fingerprint density at radius 3 is 1.70 bits per heavy atom. The number of methoxy groups -OCH3 is 1. The summed E-state index contributed by atoms with van der Waals surface area (Å²) in [6.07, 6.45) is 0. The molecule has 0 aliphatic carbocycles. The summed E-state index contributed by atoms with van der Waals surface area (Å²) in [6, 6.07) is 21.5. The van der Waals surface area contributed by atoms with Crippen LogP contribution in [-0.2, 0) is 5.75 Å². The maximum absolute atomic E-state index is 12.4. The van der Waals surface area contributed by atoms with Crippen molar-refractivity contribution in [1.29, 1.82) is 0 Å². The SMILES string of the molecule is CCSCc1ccc(C(=O)Nc2ccc(C(=O)Nc3ccc(OC)cc3)cc2)cc1.